The van der Waals surface area contributed by atoms with E-state index in [1.54, 1.807) is 6.08 Å². The van der Waals surface area contributed by atoms with E-state index in [-0.39, 0.29) is 12.5 Å². The maximum Gasteiger partial charge on any atom is 0.220 e. The minimum atomic E-state index is -1.57. The third-order valence-electron chi connectivity index (χ3n) is 15.2. The number of aliphatic hydroxyl groups excluding tert-OH is 5. The summed E-state index contributed by atoms with van der Waals surface area (Å²) in [6, 6.07) is -0.823. The van der Waals surface area contributed by atoms with Crippen molar-refractivity contribution in [3.8, 4) is 0 Å². The molecular formula is C64H121NO8. The van der Waals surface area contributed by atoms with Gasteiger partial charge in [0, 0.05) is 6.42 Å². The molecule has 1 amide bonds. The Labute approximate surface area is 451 Å². The van der Waals surface area contributed by atoms with E-state index in [1.807, 2.05) is 6.08 Å². The molecule has 73 heavy (non-hydrogen) atoms. The summed E-state index contributed by atoms with van der Waals surface area (Å²) in [4.78, 5) is 13.1. The number of hydrogen-bond acceptors (Lipinski definition) is 8. The second kappa shape index (κ2) is 53.8. The highest BCUT2D eigenvalue weighted by atomic mass is 16.7. The maximum atomic E-state index is 13.1. The molecule has 1 heterocycles. The average Bonchev–Trinajstić information content (AvgIpc) is 3.39. The van der Waals surface area contributed by atoms with Crippen LogP contribution in [0, 0.1) is 0 Å². The quantitative estimate of drug-likeness (QED) is 0.0261. The van der Waals surface area contributed by atoms with Gasteiger partial charge in [-0.05, 0) is 57.8 Å². The zero-order valence-electron chi connectivity index (χ0n) is 47.9. The number of aliphatic hydroxyl groups is 5. The Kier molecular flexibility index (Phi) is 51.2. The highest BCUT2D eigenvalue weighted by Gasteiger charge is 2.44. The van der Waals surface area contributed by atoms with Crippen LogP contribution in [-0.4, -0.2) is 87.5 Å². The van der Waals surface area contributed by atoms with Gasteiger partial charge in [-0.15, -0.1) is 0 Å². The molecule has 7 unspecified atom stereocenters. The molecule has 9 nitrogen and oxygen atoms in total. The zero-order valence-corrected chi connectivity index (χ0v) is 47.9. The molecule has 430 valence electrons. The minimum absolute atomic E-state index is 0.185. The van der Waals surface area contributed by atoms with Gasteiger partial charge in [-0.3, -0.25) is 4.79 Å². The number of amides is 1. The first kappa shape index (κ1) is 69.4. The Bertz CT molecular complexity index is 1240. The summed E-state index contributed by atoms with van der Waals surface area (Å²) >= 11 is 0. The van der Waals surface area contributed by atoms with Crippen LogP contribution < -0.4 is 5.32 Å². The maximum absolute atomic E-state index is 13.1. The summed E-state index contributed by atoms with van der Waals surface area (Å²) in [5, 5.41) is 54.6. The fraction of sp³-hybridized carbons (Fsp3) is 0.891. The number of unbranched alkanes of at least 4 members (excludes halogenated alkanes) is 41. The number of carbonyl (C=O) groups excluding carboxylic acids is 1. The van der Waals surface area contributed by atoms with Crippen LogP contribution in [0.3, 0.4) is 0 Å². The molecule has 1 aliphatic heterocycles. The normalized spacial score (nSPS) is 19.2. The van der Waals surface area contributed by atoms with E-state index >= 15 is 0 Å². The van der Waals surface area contributed by atoms with Crippen LogP contribution in [0.25, 0.3) is 0 Å². The number of nitrogens with one attached hydrogen (secondary N) is 1. The zero-order chi connectivity index (χ0) is 52.9. The van der Waals surface area contributed by atoms with E-state index < -0.39 is 49.5 Å². The van der Waals surface area contributed by atoms with Gasteiger partial charge in [0.1, 0.15) is 24.4 Å². The molecule has 0 radical (unpaired) electrons. The van der Waals surface area contributed by atoms with Gasteiger partial charge in [-0.2, -0.15) is 0 Å². The monoisotopic (exact) mass is 1030 g/mol. The second-order valence-corrected chi connectivity index (χ2v) is 22.2. The summed E-state index contributed by atoms with van der Waals surface area (Å²) in [7, 11) is 0. The molecule has 1 saturated heterocycles. The molecule has 1 fully saturated rings. The molecule has 0 aliphatic carbocycles. The lowest BCUT2D eigenvalue weighted by Crippen LogP contribution is -2.60. The third-order valence-corrected chi connectivity index (χ3v) is 15.2. The summed E-state index contributed by atoms with van der Waals surface area (Å²) in [5.74, 6) is -0.185. The van der Waals surface area contributed by atoms with Gasteiger partial charge in [0.05, 0.1) is 25.4 Å². The number of carbonyl (C=O) groups is 1. The van der Waals surface area contributed by atoms with Gasteiger partial charge < -0.3 is 40.3 Å². The SMILES string of the molecule is CCCCCCCCCCCCCC/C=C\CCCCCCCCCCCC(=O)NC(COC1OC(CO)C(O)C(O)C1O)C(O)/C=C/CC/C=C/CCCCCCCCCCCCCCCCCCCCC. The molecule has 9 heteroatoms. The van der Waals surface area contributed by atoms with Crippen molar-refractivity contribution in [2.45, 2.75) is 352 Å². The topological polar surface area (TPSA) is 149 Å². The lowest BCUT2D eigenvalue weighted by atomic mass is 9.99. The van der Waals surface area contributed by atoms with Crippen molar-refractivity contribution < 1.29 is 39.8 Å². The summed E-state index contributed by atoms with van der Waals surface area (Å²) in [6.45, 7) is 3.81. The van der Waals surface area contributed by atoms with Crippen LogP contribution in [0.4, 0.5) is 0 Å². The van der Waals surface area contributed by atoms with Crippen LogP contribution in [0.2, 0.25) is 0 Å². The Balaban J connectivity index is 2.21. The van der Waals surface area contributed by atoms with E-state index in [2.05, 4.69) is 43.5 Å². The lowest BCUT2D eigenvalue weighted by Gasteiger charge is -2.40. The predicted molar refractivity (Wildman–Crippen MR) is 309 cm³/mol. The standard InChI is InChI=1S/C64H121NO8/c1-3-5-7-9-11-13-15-17-19-21-23-25-27-29-31-33-35-37-39-41-43-45-47-49-51-53-58(67)57(56-72-64-63(71)62(70)61(69)59(55-66)73-64)65-60(68)54-52-50-48-46-44-42-40-38-36-34-32-30-28-26-24-22-20-18-16-14-12-10-8-6-4-2/h30,32,43,45,51,53,57-59,61-64,66-67,69-71H,3-29,31,33-42,44,46-50,52,54-56H2,1-2H3,(H,65,68)/b32-30-,45-43+,53-51+. The molecular weight excluding hydrogens is 911 g/mol. The second-order valence-electron chi connectivity index (χ2n) is 22.2. The average molecular weight is 1030 g/mol. The van der Waals surface area contributed by atoms with Gasteiger partial charge in [-0.25, -0.2) is 0 Å². The first-order valence-corrected chi connectivity index (χ1v) is 31.7. The van der Waals surface area contributed by atoms with Gasteiger partial charge >= 0.3 is 0 Å². The molecule has 0 aromatic rings. The van der Waals surface area contributed by atoms with Crippen molar-refractivity contribution in [3.63, 3.8) is 0 Å². The van der Waals surface area contributed by atoms with Crippen molar-refractivity contribution in [1.82, 2.24) is 5.32 Å². The molecule has 0 bridgehead atoms. The van der Waals surface area contributed by atoms with Crippen LogP contribution in [-0.2, 0) is 14.3 Å². The smallest absolute Gasteiger partial charge is 0.220 e. The molecule has 0 aromatic heterocycles. The highest BCUT2D eigenvalue weighted by molar-refractivity contribution is 5.76. The minimum Gasteiger partial charge on any atom is -0.394 e. The fourth-order valence-corrected chi connectivity index (χ4v) is 10.2. The van der Waals surface area contributed by atoms with Gasteiger partial charge in [0.2, 0.25) is 5.91 Å². The van der Waals surface area contributed by atoms with Crippen LogP contribution in [0.5, 0.6) is 0 Å². The summed E-state index contributed by atoms with van der Waals surface area (Å²) in [5.41, 5.74) is 0. The summed E-state index contributed by atoms with van der Waals surface area (Å²) < 4.78 is 11.3. The van der Waals surface area contributed by atoms with Crippen molar-refractivity contribution in [1.29, 1.82) is 0 Å². The number of allylic oxidation sites excluding steroid dienone is 5. The van der Waals surface area contributed by atoms with Crippen molar-refractivity contribution in [2.75, 3.05) is 13.2 Å². The fourth-order valence-electron chi connectivity index (χ4n) is 10.2. The third kappa shape index (κ3) is 43.1. The van der Waals surface area contributed by atoms with Gasteiger partial charge in [0.25, 0.3) is 0 Å². The number of ether oxygens (including phenoxy) is 2. The van der Waals surface area contributed by atoms with Gasteiger partial charge in [-0.1, -0.05) is 281 Å². The molecule has 7 atom stereocenters. The van der Waals surface area contributed by atoms with Crippen LogP contribution in [0.15, 0.2) is 36.5 Å². The highest BCUT2D eigenvalue weighted by Crippen LogP contribution is 2.23. The Morgan fingerprint density at radius 2 is 0.781 bits per heavy atom. The van der Waals surface area contributed by atoms with Crippen molar-refractivity contribution in [2.24, 2.45) is 0 Å². The van der Waals surface area contributed by atoms with E-state index in [4.69, 9.17) is 9.47 Å². The number of hydrogen-bond donors (Lipinski definition) is 6. The van der Waals surface area contributed by atoms with Crippen LogP contribution in [0.1, 0.15) is 309 Å². The number of rotatable bonds is 55. The van der Waals surface area contributed by atoms with Crippen molar-refractivity contribution in [3.05, 3.63) is 36.5 Å². The molecule has 0 saturated carbocycles. The molecule has 1 rings (SSSR count). The first-order valence-electron chi connectivity index (χ1n) is 31.7. The largest absolute Gasteiger partial charge is 0.394 e. The van der Waals surface area contributed by atoms with Crippen LogP contribution >= 0.6 is 0 Å². The van der Waals surface area contributed by atoms with E-state index in [0.717, 1.165) is 38.5 Å². The predicted octanol–water partition coefficient (Wildman–Crippen LogP) is 16.3. The van der Waals surface area contributed by atoms with Gasteiger partial charge in [0.15, 0.2) is 6.29 Å². The first-order chi connectivity index (χ1) is 35.8. The Hall–Kier alpha value is -1.59. The molecule has 0 spiro atoms. The van der Waals surface area contributed by atoms with E-state index in [9.17, 15) is 30.3 Å². The molecule has 0 aromatic carbocycles. The molecule has 6 N–H and O–H groups in total. The van der Waals surface area contributed by atoms with E-state index in [0.29, 0.717) is 6.42 Å². The Morgan fingerprint density at radius 1 is 0.452 bits per heavy atom. The summed E-state index contributed by atoms with van der Waals surface area (Å²) in [6.07, 6.45) is 63.7. The van der Waals surface area contributed by atoms with E-state index in [1.165, 1.54) is 250 Å². The van der Waals surface area contributed by atoms with Crippen molar-refractivity contribution >= 4 is 5.91 Å². The molecule has 1 aliphatic rings. The lowest BCUT2D eigenvalue weighted by molar-refractivity contribution is -0.302. The Morgan fingerprint density at radius 3 is 1.15 bits per heavy atom.